The number of halogens is 1. The fraction of sp³-hybridized carbons (Fsp3) is 0.0588. The average molecular weight is 310 g/mol. The molecular weight excluding hydrogens is 299 g/mol. The van der Waals surface area contributed by atoms with Crippen molar-refractivity contribution in [1.29, 1.82) is 0 Å². The largest absolute Gasteiger partial charge is 0.463 e. The molecule has 3 aromatic heterocycles. The third kappa shape index (κ3) is 1.92. The highest BCUT2D eigenvalue weighted by atomic mass is 19.1. The average Bonchev–Trinajstić information content (AvgIpc) is 3.13. The van der Waals surface area contributed by atoms with E-state index in [-0.39, 0.29) is 11.7 Å². The number of aromatic nitrogens is 2. The number of benzene rings is 1. The molecule has 0 aliphatic heterocycles. The second kappa shape index (κ2) is 4.95. The summed E-state index contributed by atoms with van der Waals surface area (Å²) in [5.74, 6) is -0.167. The fourth-order valence-corrected chi connectivity index (χ4v) is 2.95. The number of rotatable bonds is 3. The van der Waals surface area contributed by atoms with Gasteiger partial charge in [-0.2, -0.15) is 0 Å². The number of aromatic amines is 1. The SMILES string of the molecule is Cc1[nH]c2cc(F)c3ccoc3c2c1-c1cccnc1OC=O. The molecule has 0 amide bonds. The van der Waals surface area contributed by atoms with Crippen molar-refractivity contribution in [2.45, 2.75) is 6.92 Å². The molecule has 0 saturated carbocycles. The van der Waals surface area contributed by atoms with Crippen molar-refractivity contribution >= 4 is 28.3 Å². The number of nitrogens with zero attached hydrogens (tertiary/aromatic N) is 1. The zero-order chi connectivity index (χ0) is 16.0. The summed E-state index contributed by atoms with van der Waals surface area (Å²) in [6.45, 7) is 2.19. The Bertz CT molecular complexity index is 1050. The standard InChI is InChI=1S/C17H11FN2O3/c1-9-14(11-3-2-5-19-17(11)23-8-21)15-13(20-9)7-12(18)10-4-6-22-16(10)15/h2-8,20H,1H3. The lowest BCUT2D eigenvalue weighted by atomic mass is 10.0. The molecule has 0 aliphatic rings. The molecule has 5 nitrogen and oxygen atoms in total. The molecule has 0 unspecified atom stereocenters. The molecule has 0 radical (unpaired) electrons. The van der Waals surface area contributed by atoms with Gasteiger partial charge in [0.25, 0.3) is 6.47 Å². The number of carbonyl (C=O) groups excluding carboxylic acids is 1. The van der Waals surface area contributed by atoms with Crippen molar-refractivity contribution in [3.05, 3.63) is 48.2 Å². The van der Waals surface area contributed by atoms with E-state index in [9.17, 15) is 9.18 Å². The quantitative estimate of drug-likeness (QED) is 0.582. The molecule has 0 atom stereocenters. The normalized spacial score (nSPS) is 11.2. The number of fused-ring (bicyclic) bond motifs is 3. The van der Waals surface area contributed by atoms with Gasteiger partial charge in [0.1, 0.15) is 11.4 Å². The van der Waals surface area contributed by atoms with E-state index < -0.39 is 0 Å². The van der Waals surface area contributed by atoms with Crippen molar-refractivity contribution in [3.63, 3.8) is 0 Å². The first-order valence-electron chi connectivity index (χ1n) is 6.94. The minimum absolute atomic E-state index is 0.190. The van der Waals surface area contributed by atoms with Crippen LogP contribution >= 0.6 is 0 Å². The molecule has 0 aliphatic carbocycles. The van der Waals surface area contributed by atoms with E-state index in [1.165, 1.54) is 18.5 Å². The third-order valence-corrected chi connectivity index (χ3v) is 3.84. The van der Waals surface area contributed by atoms with E-state index in [1.807, 2.05) is 6.92 Å². The van der Waals surface area contributed by atoms with Gasteiger partial charge in [0.2, 0.25) is 5.88 Å². The maximum Gasteiger partial charge on any atom is 0.299 e. The number of carbonyl (C=O) groups is 1. The Balaban J connectivity index is 2.14. The van der Waals surface area contributed by atoms with E-state index in [4.69, 9.17) is 9.15 Å². The second-order valence-electron chi connectivity index (χ2n) is 5.14. The van der Waals surface area contributed by atoms with Gasteiger partial charge >= 0.3 is 0 Å². The number of nitrogens with one attached hydrogen (secondary N) is 1. The minimum Gasteiger partial charge on any atom is -0.463 e. The molecule has 4 rings (SSSR count). The molecule has 6 heteroatoms. The van der Waals surface area contributed by atoms with Crippen LogP contribution in [0.25, 0.3) is 33.0 Å². The molecule has 4 aromatic rings. The molecule has 0 saturated heterocycles. The highest BCUT2D eigenvalue weighted by Gasteiger charge is 2.20. The van der Waals surface area contributed by atoms with Crippen molar-refractivity contribution < 1.29 is 18.3 Å². The van der Waals surface area contributed by atoms with Gasteiger partial charge in [0.15, 0.2) is 0 Å². The van der Waals surface area contributed by atoms with E-state index in [1.54, 1.807) is 18.2 Å². The lowest BCUT2D eigenvalue weighted by Gasteiger charge is -2.06. The van der Waals surface area contributed by atoms with Crippen LogP contribution in [0.3, 0.4) is 0 Å². The number of H-pyrrole nitrogens is 1. The zero-order valence-corrected chi connectivity index (χ0v) is 12.1. The smallest absolute Gasteiger partial charge is 0.299 e. The molecule has 0 bridgehead atoms. The topological polar surface area (TPSA) is 68.1 Å². The van der Waals surface area contributed by atoms with Gasteiger partial charge in [-0.1, -0.05) is 0 Å². The van der Waals surface area contributed by atoms with Crippen LogP contribution in [0.1, 0.15) is 5.69 Å². The maximum absolute atomic E-state index is 14.1. The molecule has 114 valence electrons. The fourth-order valence-electron chi connectivity index (χ4n) is 2.95. The van der Waals surface area contributed by atoms with E-state index >= 15 is 0 Å². The summed E-state index contributed by atoms with van der Waals surface area (Å²) in [7, 11) is 0. The van der Waals surface area contributed by atoms with Gasteiger partial charge < -0.3 is 14.1 Å². The maximum atomic E-state index is 14.1. The molecule has 0 spiro atoms. The Morgan fingerprint density at radius 3 is 3.09 bits per heavy atom. The lowest BCUT2D eigenvalue weighted by Crippen LogP contribution is -1.95. The Hall–Kier alpha value is -3.15. The molecule has 0 fully saturated rings. The predicted octanol–water partition coefficient (Wildman–Crippen LogP) is 3.96. The second-order valence-corrected chi connectivity index (χ2v) is 5.14. The Morgan fingerprint density at radius 2 is 2.26 bits per heavy atom. The number of hydrogen-bond donors (Lipinski definition) is 1. The van der Waals surface area contributed by atoms with Gasteiger partial charge in [0.05, 0.1) is 22.6 Å². The van der Waals surface area contributed by atoms with E-state index in [0.717, 1.165) is 16.6 Å². The Kier molecular flexibility index (Phi) is 2.90. The van der Waals surface area contributed by atoms with Crippen LogP contribution in [-0.4, -0.2) is 16.4 Å². The highest BCUT2D eigenvalue weighted by Crippen LogP contribution is 2.40. The van der Waals surface area contributed by atoms with Crippen LogP contribution < -0.4 is 4.74 Å². The van der Waals surface area contributed by atoms with Crippen LogP contribution in [0, 0.1) is 12.7 Å². The van der Waals surface area contributed by atoms with Crippen molar-refractivity contribution in [3.8, 4) is 17.0 Å². The number of aryl methyl sites for hydroxylation is 1. The summed E-state index contributed by atoms with van der Waals surface area (Å²) in [4.78, 5) is 18.0. The van der Waals surface area contributed by atoms with E-state index in [0.29, 0.717) is 28.5 Å². The summed E-state index contributed by atoms with van der Waals surface area (Å²) in [5, 5.41) is 1.13. The molecular formula is C17H11FN2O3. The van der Waals surface area contributed by atoms with Crippen LogP contribution in [0.2, 0.25) is 0 Å². The molecule has 23 heavy (non-hydrogen) atoms. The van der Waals surface area contributed by atoms with Gasteiger partial charge in [-0.25, -0.2) is 9.37 Å². The Labute approximate surface area is 129 Å². The summed E-state index contributed by atoms with van der Waals surface area (Å²) < 4.78 is 24.6. The third-order valence-electron chi connectivity index (χ3n) is 3.84. The lowest BCUT2D eigenvalue weighted by molar-refractivity contribution is -0.120. The molecule has 1 N–H and O–H groups in total. The minimum atomic E-state index is -0.357. The van der Waals surface area contributed by atoms with Gasteiger partial charge in [0, 0.05) is 23.0 Å². The van der Waals surface area contributed by atoms with Crippen LogP contribution in [-0.2, 0) is 4.79 Å². The number of hydrogen-bond acceptors (Lipinski definition) is 4. The van der Waals surface area contributed by atoms with E-state index in [2.05, 4.69) is 9.97 Å². The van der Waals surface area contributed by atoms with Crippen LogP contribution in [0.15, 0.2) is 41.1 Å². The first kappa shape index (κ1) is 13.5. The van der Waals surface area contributed by atoms with Gasteiger partial charge in [-0.05, 0) is 31.2 Å². The van der Waals surface area contributed by atoms with Gasteiger partial charge in [-0.15, -0.1) is 0 Å². The summed E-state index contributed by atoms with van der Waals surface area (Å²) in [5.41, 5.74) is 3.25. The highest BCUT2D eigenvalue weighted by molar-refractivity contribution is 6.12. The number of furan rings is 1. The van der Waals surface area contributed by atoms with Crippen molar-refractivity contribution in [1.82, 2.24) is 9.97 Å². The van der Waals surface area contributed by atoms with Gasteiger partial charge in [-0.3, -0.25) is 4.79 Å². The van der Waals surface area contributed by atoms with Crippen molar-refractivity contribution in [2.24, 2.45) is 0 Å². The van der Waals surface area contributed by atoms with Crippen LogP contribution in [0.4, 0.5) is 4.39 Å². The van der Waals surface area contributed by atoms with Crippen LogP contribution in [0.5, 0.6) is 5.88 Å². The summed E-state index contributed by atoms with van der Waals surface area (Å²) in [6, 6.07) is 6.55. The monoisotopic (exact) mass is 310 g/mol. The first-order valence-corrected chi connectivity index (χ1v) is 6.94. The summed E-state index contributed by atoms with van der Waals surface area (Å²) >= 11 is 0. The van der Waals surface area contributed by atoms with Crippen molar-refractivity contribution in [2.75, 3.05) is 0 Å². The molecule has 3 heterocycles. The first-order chi connectivity index (χ1) is 11.2. The summed E-state index contributed by atoms with van der Waals surface area (Å²) in [6.07, 6.45) is 2.99. The number of ether oxygens (including phenoxy) is 1. The molecule has 1 aromatic carbocycles. The zero-order valence-electron chi connectivity index (χ0n) is 12.1. The predicted molar refractivity (Wildman–Crippen MR) is 82.7 cm³/mol. The Morgan fingerprint density at radius 1 is 1.39 bits per heavy atom. The number of pyridine rings is 1.